The molecule has 0 saturated carbocycles. The monoisotopic (exact) mass is 405 g/mol. The molecule has 1 saturated heterocycles. The fraction of sp³-hybridized carbons (Fsp3) is 0.385. The van der Waals surface area contributed by atoms with Crippen LogP contribution in [0.25, 0.3) is 10.8 Å². The number of unbranched alkanes of at least 4 members (excludes halogenated alkanes) is 2. The van der Waals surface area contributed by atoms with Gasteiger partial charge in [-0.25, -0.2) is 0 Å². The van der Waals surface area contributed by atoms with E-state index in [1.165, 1.54) is 59.3 Å². The first-order valence-corrected chi connectivity index (χ1v) is 12.0. The average Bonchev–Trinajstić information content (AvgIpc) is 2.77. The van der Waals surface area contributed by atoms with Gasteiger partial charge in [-0.15, -0.1) is 0 Å². The Kier molecular flexibility index (Phi) is 7.50. The molecular weight excluding hydrogens is 374 g/mol. The van der Waals surface area contributed by atoms with Gasteiger partial charge in [0.25, 0.3) is 0 Å². The highest BCUT2D eigenvalue weighted by molar-refractivity contribution is 7.99. The van der Waals surface area contributed by atoms with Crippen molar-refractivity contribution in [2.45, 2.75) is 32.2 Å². The standard InChI is InChI=1S/C26H31NOS/c1-3-7-22(8-4-1)9-5-2-6-16-28-26-13-12-24-19-23(10-11-25(24)20-26)21-27-14-17-29-18-15-27/h1,3-4,7-8,10-13,19-20H,2,5-6,9,14-18,21H2. The molecule has 1 aliphatic heterocycles. The normalized spacial score (nSPS) is 14.9. The molecule has 0 spiro atoms. The summed E-state index contributed by atoms with van der Waals surface area (Å²) >= 11 is 2.07. The van der Waals surface area contributed by atoms with E-state index in [1.54, 1.807) is 0 Å². The quantitative estimate of drug-likeness (QED) is 0.394. The van der Waals surface area contributed by atoms with Crippen LogP contribution >= 0.6 is 11.8 Å². The number of thioether (sulfide) groups is 1. The third-order valence-electron chi connectivity index (χ3n) is 5.61. The third-order valence-corrected chi connectivity index (χ3v) is 6.55. The molecule has 29 heavy (non-hydrogen) atoms. The Bertz CT molecular complexity index is 890. The number of ether oxygens (including phenoxy) is 1. The number of rotatable bonds is 9. The van der Waals surface area contributed by atoms with Crippen molar-refractivity contribution in [1.82, 2.24) is 4.90 Å². The molecule has 152 valence electrons. The van der Waals surface area contributed by atoms with Gasteiger partial charge in [-0.1, -0.05) is 48.5 Å². The Morgan fingerprint density at radius 2 is 1.55 bits per heavy atom. The summed E-state index contributed by atoms with van der Waals surface area (Å²) in [5, 5.41) is 2.58. The van der Waals surface area contributed by atoms with Gasteiger partial charge in [-0.2, -0.15) is 11.8 Å². The molecule has 0 amide bonds. The summed E-state index contributed by atoms with van der Waals surface area (Å²) < 4.78 is 6.01. The van der Waals surface area contributed by atoms with Crippen LogP contribution in [0.3, 0.4) is 0 Å². The van der Waals surface area contributed by atoms with Gasteiger partial charge < -0.3 is 4.74 Å². The van der Waals surface area contributed by atoms with Gasteiger partial charge >= 0.3 is 0 Å². The van der Waals surface area contributed by atoms with Crippen molar-refractivity contribution >= 4 is 22.5 Å². The van der Waals surface area contributed by atoms with Gasteiger partial charge in [-0.3, -0.25) is 4.90 Å². The molecule has 3 aromatic carbocycles. The zero-order valence-electron chi connectivity index (χ0n) is 17.2. The van der Waals surface area contributed by atoms with Crippen LogP contribution in [0.4, 0.5) is 0 Å². The van der Waals surface area contributed by atoms with Gasteiger partial charge in [0.1, 0.15) is 5.75 Å². The maximum Gasteiger partial charge on any atom is 0.119 e. The summed E-state index contributed by atoms with van der Waals surface area (Å²) in [6.45, 7) is 4.28. The summed E-state index contributed by atoms with van der Waals surface area (Å²) in [7, 11) is 0. The zero-order chi connectivity index (χ0) is 19.7. The molecule has 1 heterocycles. The fourth-order valence-electron chi connectivity index (χ4n) is 3.92. The Hall–Kier alpha value is -1.97. The lowest BCUT2D eigenvalue weighted by atomic mass is 10.1. The molecule has 0 aromatic heterocycles. The number of aryl methyl sites for hydroxylation is 1. The van der Waals surface area contributed by atoms with Crippen LogP contribution in [0, 0.1) is 0 Å². The van der Waals surface area contributed by atoms with E-state index in [0.717, 1.165) is 31.7 Å². The maximum absolute atomic E-state index is 6.01. The topological polar surface area (TPSA) is 12.5 Å². The van der Waals surface area contributed by atoms with Crippen LogP contribution < -0.4 is 4.74 Å². The largest absolute Gasteiger partial charge is 0.494 e. The SMILES string of the molecule is c1ccc(CCCCCOc2ccc3cc(CN4CCSCC4)ccc3c2)cc1. The minimum atomic E-state index is 0.797. The lowest BCUT2D eigenvalue weighted by Crippen LogP contribution is -2.31. The highest BCUT2D eigenvalue weighted by atomic mass is 32.2. The summed E-state index contributed by atoms with van der Waals surface area (Å²) in [5.74, 6) is 3.52. The highest BCUT2D eigenvalue weighted by Crippen LogP contribution is 2.23. The first-order chi connectivity index (χ1) is 14.4. The molecule has 0 radical (unpaired) electrons. The van der Waals surface area contributed by atoms with E-state index in [2.05, 4.69) is 83.4 Å². The third kappa shape index (κ3) is 6.25. The van der Waals surface area contributed by atoms with E-state index in [1.807, 2.05) is 0 Å². The molecule has 0 unspecified atom stereocenters. The molecular formula is C26H31NOS. The number of hydrogen-bond acceptors (Lipinski definition) is 3. The molecule has 2 nitrogen and oxygen atoms in total. The van der Waals surface area contributed by atoms with E-state index < -0.39 is 0 Å². The summed E-state index contributed by atoms with van der Waals surface area (Å²) in [6, 6.07) is 24.1. The van der Waals surface area contributed by atoms with Crippen LogP contribution in [0.5, 0.6) is 5.75 Å². The van der Waals surface area contributed by atoms with E-state index >= 15 is 0 Å². The number of nitrogens with zero attached hydrogens (tertiary/aromatic N) is 1. The lowest BCUT2D eigenvalue weighted by Gasteiger charge is -2.26. The van der Waals surface area contributed by atoms with E-state index in [9.17, 15) is 0 Å². The van der Waals surface area contributed by atoms with Crippen LogP contribution in [-0.4, -0.2) is 36.1 Å². The molecule has 4 rings (SSSR count). The van der Waals surface area contributed by atoms with Crippen LogP contribution in [0.2, 0.25) is 0 Å². The maximum atomic E-state index is 6.01. The summed E-state index contributed by atoms with van der Waals surface area (Å²) in [4.78, 5) is 2.56. The van der Waals surface area contributed by atoms with Crippen molar-refractivity contribution in [3.05, 3.63) is 77.9 Å². The predicted octanol–water partition coefficient (Wildman–Crippen LogP) is 6.18. The molecule has 1 aliphatic rings. The van der Waals surface area contributed by atoms with Crippen molar-refractivity contribution in [3.8, 4) is 5.75 Å². The Balaban J connectivity index is 1.22. The Morgan fingerprint density at radius 1 is 0.759 bits per heavy atom. The molecule has 1 fully saturated rings. The minimum absolute atomic E-state index is 0.797. The molecule has 0 atom stereocenters. The molecule has 0 N–H and O–H groups in total. The second-order valence-corrected chi connectivity index (χ2v) is 9.10. The predicted molar refractivity (Wildman–Crippen MR) is 126 cm³/mol. The van der Waals surface area contributed by atoms with Crippen molar-refractivity contribution < 1.29 is 4.74 Å². The summed E-state index contributed by atoms with van der Waals surface area (Å²) in [6.07, 6.45) is 4.71. The number of fused-ring (bicyclic) bond motifs is 1. The number of benzene rings is 3. The van der Waals surface area contributed by atoms with Crippen molar-refractivity contribution in [3.63, 3.8) is 0 Å². The molecule has 3 heteroatoms. The van der Waals surface area contributed by atoms with Gasteiger partial charge in [0.15, 0.2) is 0 Å². The highest BCUT2D eigenvalue weighted by Gasteiger charge is 2.11. The molecule has 0 bridgehead atoms. The van der Waals surface area contributed by atoms with Gasteiger partial charge in [0.2, 0.25) is 0 Å². The molecule has 3 aromatic rings. The van der Waals surface area contributed by atoms with Crippen LogP contribution in [0.15, 0.2) is 66.7 Å². The van der Waals surface area contributed by atoms with Crippen molar-refractivity contribution in [1.29, 1.82) is 0 Å². The van der Waals surface area contributed by atoms with Crippen molar-refractivity contribution in [2.24, 2.45) is 0 Å². The number of hydrogen-bond donors (Lipinski definition) is 0. The fourth-order valence-corrected chi connectivity index (χ4v) is 4.90. The average molecular weight is 406 g/mol. The van der Waals surface area contributed by atoms with E-state index in [0.29, 0.717) is 0 Å². The van der Waals surface area contributed by atoms with Gasteiger partial charge in [-0.05, 0) is 65.8 Å². The second-order valence-electron chi connectivity index (χ2n) is 7.88. The van der Waals surface area contributed by atoms with Crippen LogP contribution in [-0.2, 0) is 13.0 Å². The van der Waals surface area contributed by atoms with Crippen LogP contribution in [0.1, 0.15) is 30.4 Å². The van der Waals surface area contributed by atoms with E-state index in [4.69, 9.17) is 4.74 Å². The van der Waals surface area contributed by atoms with E-state index in [-0.39, 0.29) is 0 Å². The molecule has 0 aliphatic carbocycles. The smallest absolute Gasteiger partial charge is 0.119 e. The first kappa shape index (κ1) is 20.3. The zero-order valence-corrected chi connectivity index (χ0v) is 18.0. The minimum Gasteiger partial charge on any atom is -0.494 e. The van der Waals surface area contributed by atoms with Crippen molar-refractivity contribution in [2.75, 3.05) is 31.2 Å². The Morgan fingerprint density at radius 3 is 2.41 bits per heavy atom. The summed E-state index contributed by atoms with van der Waals surface area (Å²) in [5.41, 5.74) is 2.85. The Labute approximate surface area is 179 Å². The lowest BCUT2D eigenvalue weighted by molar-refractivity contribution is 0.295. The first-order valence-electron chi connectivity index (χ1n) is 10.9. The van der Waals surface area contributed by atoms with Gasteiger partial charge in [0, 0.05) is 31.1 Å². The second kappa shape index (κ2) is 10.7. The van der Waals surface area contributed by atoms with Gasteiger partial charge in [0.05, 0.1) is 6.61 Å².